The molecule has 2 aromatic rings. The summed E-state index contributed by atoms with van der Waals surface area (Å²) in [7, 11) is -0.378. The predicted octanol–water partition coefficient (Wildman–Crippen LogP) is 3.82. The van der Waals surface area contributed by atoms with Crippen molar-refractivity contribution in [2.75, 3.05) is 20.6 Å². The lowest BCUT2D eigenvalue weighted by molar-refractivity contribution is 0.588. The van der Waals surface area contributed by atoms with E-state index in [0.717, 1.165) is 24.0 Å². The molecular formula is C19H25Cl2IN4O2S. The van der Waals surface area contributed by atoms with Gasteiger partial charge in [-0.1, -0.05) is 41.4 Å². The van der Waals surface area contributed by atoms with Gasteiger partial charge in [-0.3, -0.25) is 4.99 Å². The van der Waals surface area contributed by atoms with Gasteiger partial charge in [0.15, 0.2) is 5.96 Å². The summed E-state index contributed by atoms with van der Waals surface area (Å²) >= 11 is 12.1. The van der Waals surface area contributed by atoms with Gasteiger partial charge in [0, 0.05) is 30.2 Å². The number of nitrogens with one attached hydrogen (secondary N) is 3. The Bertz CT molecular complexity index is 940. The van der Waals surface area contributed by atoms with E-state index in [-0.39, 0.29) is 28.9 Å². The van der Waals surface area contributed by atoms with Gasteiger partial charge in [0.2, 0.25) is 10.0 Å². The average molecular weight is 571 g/mol. The third-order valence-corrected chi connectivity index (χ3v) is 6.09. The second-order valence-corrected chi connectivity index (χ2v) is 8.78. The zero-order chi connectivity index (χ0) is 20.6. The summed E-state index contributed by atoms with van der Waals surface area (Å²) in [6.45, 7) is 1.17. The predicted molar refractivity (Wildman–Crippen MR) is 131 cm³/mol. The van der Waals surface area contributed by atoms with Crippen LogP contribution < -0.4 is 15.4 Å². The number of hydrogen-bond donors (Lipinski definition) is 3. The van der Waals surface area contributed by atoms with Crippen LogP contribution in [0.1, 0.15) is 17.5 Å². The van der Waals surface area contributed by atoms with Crippen LogP contribution in [0.25, 0.3) is 0 Å². The quantitative estimate of drug-likeness (QED) is 0.195. The molecule has 2 rings (SSSR count). The van der Waals surface area contributed by atoms with Gasteiger partial charge >= 0.3 is 0 Å². The maximum Gasteiger partial charge on any atom is 0.240 e. The minimum absolute atomic E-state index is 0. The van der Waals surface area contributed by atoms with E-state index in [9.17, 15) is 8.42 Å². The molecule has 0 saturated heterocycles. The first-order valence-corrected chi connectivity index (χ1v) is 11.0. The van der Waals surface area contributed by atoms with Crippen molar-refractivity contribution in [3.63, 3.8) is 0 Å². The summed E-state index contributed by atoms with van der Waals surface area (Å²) in [5.41, 5.74) is 1.89. The lowest BCUT2D eigenvalue weighted by atomic mass is 10.1. The van der Waals surface area contributed by atoms with E-state index in [0.29, 0.717) is 29.1 Å². The Balaban J connectivity index is 0.00000420. The second-order valence-electron chi connectivity index (χ2n) is 6.05. The first kappa shape index (κ1) is 26.0. The Morgan fingerprint density at radius 2 is 1.86 bits per heavy atom. The second kappa shape index (κ2) is 12.6. The fourth-order valence-corrected chi connectivity index (χ4v) is 3.86. The summed E-state index contributed by atoms with van der Waals surface area (Å²) in [6, 6.07) is 12.3. The highest BCUT2D eigenvalue weighted by molar-refractivity contribution is 14.0. The van der Waals surface area contributed by atoms with Crippen molar-refractivity contribution in [2.24, 2.45) is 4.99 Å². The third-order valence-electron chi connectivity index (χ3n) is 4.09. The smallest absolute Gasteiger partial charge is 0.240 e. The van der Waals surface area contributed by atoms with Gasteiger partial charge in [0.1, 0.15) is 0 Å². The summed E-state index contributed by atoms with van der Waals surface area (Å²) in [6.07, 6.45) is 1.70. The Morgan fingerprint density at radius 1 is 1.10 bits per heavy atom. The van der Waals surface area contributed by atoms with Crippen LogP contribution in [-0.2, 0) is 23.0 Å². The topological polar surface area (TPSA) is 82.6 Å². The fourth-order valence-electron chi connectivity index (χ4n) is 2.56. The Labute approximate surface area is 199 Å². The highest BCUT2D eigenvalue weighted by Crippen LogP contribution is 2.21. The van der Waals surface area contributed by atoms with Crippen LogP contribution in [0.5, 0.6) is 0 Å². The largest absolute Gasteiger partial charge is 0.356 e. The molecule has 0 aliphatic carbocycles. The highest BCUT2D eigenvalue weighted by Gasteiger charge is 2.11. The molecule has 0 radical (unpaired) electrons. The van der Waals surface area contributed by atoms with Crippen LogP contribution in [0.15, 0.2) is 52.4 Å². The number of rotatable bonds is 8. The van der Waals surface area contributed by atoms with Gasteiger partial charge in [-0.15, -0.1) is 24.0 Å². The van der Waals surface area contributed by atoms with Crippen LogP contribution >= 0.6 is 47.2 Å². The Hall–Kier alpha value is -1.07. The van der Waals surface area contributed by atoms with Crippen LogP contribution in [0.4, 0.5) is 0 Å². The van der Waals surface area contributed by atoms with Crippen molar-refractivity contribution in [3.8, 4) is 0 Å². The van der Waals surface area contributed by atoms with Crippen LogP contribution in [-0.4, -0.2) is 35.0 Å². The first-order valence-electron chi connectivity index (χ1n) is 8.76. The molecule has 0 fully saturated rings. The number of hydrogen-bond acceptors (Lipinski definition) is 3. The van der Waals surface area contributed by atoms with Crippen LogP contribution in [0.2, 0.25) is 10.0 Å². The SMILES string of the molecule is CN=C(NCCCc1ccc(Cl)cc1Cl)NCc1cccc(S(=O)(=O)NC)c1.I. The molecule has 0 spiro atoms. The third kappa shape index (κ3) is 8.29. The monoisotopic (exact) mass is 570 g/mol. The fraction of sp³-hybridized carbons (Fsp3) is 0.316. The molecule has 6 nitrogen and oxygen atoms in total. The first-order chi connectivity index (χ1) is 13.4. The van der Waals surface area contributed by atoms with Crippen molar-refractivity contribution in [3.05, 3.63) is 63.6 Å². The minimum atomic E-state index is -3.46. The average Bonchev–Trinajstić information content (AvgIpc) is 2.69. The van der Waals surface area contributed by atoms with E-state index >= 15 is 0 Å². The lowest BCUT2D eigenvalue weighted by Crippen LogP contribution is -2.37. The molecule has 0 amide bonds. The number of aryl methyl sites for hydroxylation is 1. The molecule has 3 N–H and O–H groups in total. The Kier molecular flexibility index (Phi) is 11.3. The number of halogens is 3. The van der Waals surface area contributed by atoms with Crippen molar-refractivity contribution in [1.29, 1.82) is 0 Å². The number of aliphatic imine (C=N–C) groups is 1. The molecule has 0 atom stereocenters. The molecule has 10 heteroatoms. The van der Waals surface area contributed by atoms with Gasteiger partial charge in [-0.05, 0) is 55.3 Å². The van der Waals surface area contributed by atoms with Crippen molar-refractivity contribution < 1.29 is 8.42 Å². The van der Waals surface area contributed by atoms with Gasteiger partial charge in [0.25, 0.3) is 0 Å². The van der Waals surface area contributed by atoms with Crippen LogP contribution in [0, 0.1) is 0 Å². The van der Waals surface area contributed by atoms with Crippen LogP contribution in [0.3, 0.4) is 0 Å². The Morgan fingerprint density at radius 3 is 2.52 bits per heavy atom. The van der Waals surface area contributed by atoms with Gasteiger partial charge in [-0.25, -0.2) is 13.1 Å². The van der Waals surface area contributed by atoms with Gasteiger partial charge in [0.05, 0.1) is 4.90 Å². The standard InChI is InChI=1S/C19H24Cl2N4O2S.HI/c1-22-19(24-10-4-6-15-8-9-16(20)12-18(15)21)25-13-14-5-3-7-17(11-14)28(26,27)23-2;/h3,5,7-9,11-12,23H,4,6,10,13H2,1-2H3,(H2,22,24,25);1H. The van der Waals surface area contributed by atoms with E-state index < -0.39 is 10.0 Å². The zero-order valence-corrected chi connectivity index (χ0v) is 20.9. The molecule has 0 aliphatic heterocycles. The number of benzene rings is 2. The van der Waals surface area contributed by atoms with E-state index in [4.69, 9.17) is 23.2 Å². The van der Waals surface area contributed by atoms with Crippen molar-refractivity contribution in [1.82, 2.24) is 15.4 Å². The molecule has 0 heterocycles. The highest BCUT2D eigenvalue weighted by atomic mass is 127. The molecule has 0 bridgehead atoms. The van der Waals surface area contributed by atoms with E-state index in [1.54, 1.807) is 31.3 Å². The summed E-state index contributed by atoms with van der Waals surface area (Å²) in [5.74, 6) is 0.643. The molecular weight excluding hydrogens is 546 g/mol. The molecule has 0 aliphatic rings. The number of nitrogens with zero attached hydrogens (tertiary/aromatic N) is 1. The maximum atomic E-state index is 11.9. The molecule has 160 valence electrons. The van der Waals surface area contributed by atoms with E-state index in [1.807, 2.05) is 18.2 Å². The summed E-state index contributed by atoms with van der Waals surface area (Å²) in [5, 5.41) is 7.72. The van der Waals surface area contributed by atoms with Crippen molar-refractivity contribution >= 4 is 63.2 Å². The van der Waals surface area contributed by atoms with E-state index in [1.165, 1.54) is 7.05 Å². The molecule has 29 heavy (non-hydrogen) atoms. The summed E-state index contributed by atoms with van der Waals surface area (Å²) in [4.78, 5) is 4.42. The van der Waals surface area contributed by atoms with E-state index in [2.05, 4.69) is 20.3 Å². The molecule has 2 aromatic carbocycles. The minimum Gasteiger partial charge on any atom is -0.356 e. The van der Waals surface area contributed by atoms with Gasteiger partial charge < -0.3 is 10.6 Å². The lowest BCUT2D eigenvalue weighted by Gasteiger charge is -2.13. The molecule has 0 saturated carbocycles. The maximum absolute atomic E-state index is 11.9. The number of guanidine groups is 1. The summed E-state index contributed by atoms with van der Waals surface area (Å²) < 4.78 is 26.1. The molecule has 0 aromatic heterocycles. The number of sulfonamides is 1. The van der Waals surface area contributed by atoms with Crippen molar-refractivity contribution in [2.45, 2.75) is 24.3 Å². The normalized spacial score (nSPS) is 11.7. The van der Waals surface area contributed by atoms with Gasteiger partial charge in [-0.2, -0.15) is 0 Å². The molecule has 0 unspecified atom stereocenters. The zero-order valence-electron chi connectivity index (χ0n) is 16.2.